The fraction of sp³-hybridized carbons (Fsp3) is 0.591. The lowest BCUT2D eigenvalue weighted by Crippen LogP contribution is -2.34. The highest BCUT2D eigenvalue weighted by Gasteiger charge is 2.17. The van der Waals surface area contributed by atoms with Gasteiger partial charge in [0, 0.05) is 26.1 Å². The summed E-state index contributed by atoms with van der Waals surface area (Å²) in [7, 11) is 0. The quantitative estimate of drug-likeness (QED) is 0.810. The molecule has 0 bridgehead atoms. The van der Waals surface area contributed by atoms with Gasteiger partial charge in [-0.05, 0) is 49.9 Å². The van der Waals surface area contributed by atoms with Gasteiger partial charge in [-0.1, -0.05) is 37.1 Å². The molecule has 4 rings (SSSR count). The van der Waals surface area contributed by atoms with Crippen molar-refractivity contribution in [2.24, 2.45) is 0 Å². The Morgan fingerprint density at radius 2 is 1.69 bits per heavy atom. The second-order valence-corrected chi connectivity index (χ2v) is 8.20. The summed E-state index contributed by atoms with van der Waals surface area (Å²) >= 11 is 0. The molecule has 3 heterocycles. The Morgan fingerprint density at radius 1 is 0.966 bits per heavy atom. The Kier molecular flexibility index (Phi) is 6.44. The number of carbonyl (C=O) groups excluding carboxylic acids is 1. The largest absolute Gasteiger partial charge is 0.350 e. The molecular formula is C22H31N5O2. The Morgan fingerprint density at radius 3 is 2.52 bits per heavy atom. The van der Waals surface area contributed by atoms with E-state index >= 15 is 0 Å². The molecule has 0 spiro atoms. The molecule has 0 radical (unpaired) electrons. The van der Waals surface area contributed by atoms with Gasteiger partial charge >= 0.3 is 5.69 Å². The van der Waals surface area contributed by atoms with Crippen LogP contribution in [0.4, 0.5) is 0 Å². The first kappa shape index (κ1) is 19.9. The molecule has 29 heavy (non-hydrogen) atoms. The van der Waals surface area contributed by atoms with Crippen molar-refractivity contribution in [3.63, 3.8) is 0 Å². The van der Waals surface area contributed by atoms with Crippen LogP contribution in [0.15, 0.2) is 29.1 Å². The third-order valence-corrected chi connectivity index (χ3v) is 6.01. The smallest absolute Gasteiger partial charge is 0.346 e. The number of likely N-dealkylation sites (tertiary alicyclic amines) is 1. The molecule has 0 unspecified atom stereocenters. The molecule has 1 saturated heterocycles. The first-order chi connectivity index (χ1) is 14.2. The molecule has 7 heteroatoms. The van der Waals surface area contributed by atoms with Gasteiger partial charge in [-0.3, -0.25) is 14.3 Å². The van der Waals surface area contributed by atoms with Crippen molar-refractivity contribution < 1.29 is 4.79 Å². The summed E-state index contributed by atoms with van der Waals surface area (Å²) in [5, 5.41) is 7.38. The lowest BCUT2D eigenvalue weighted by molar-refractivity contribution is -0.122. The van der Waals surface area contributed by atoms with Crippen LogP contribution in [-0.2, 0) is 37.4 Å². The van der Waals surface area contributed by atoms with Crippen molar-refractivity contribution in [2.45, 2.75) is 71.1 Å². The predicted octanol–water partition coefficient (Wildman–Crippen LogP) is 2.07. The molecule has 156 valence electrons. The number of rotatable bonds is 6. The van der Waals surface area contributed by atoms with E-state index in [0.29, 0.717) is 13.1 Å². The van der Waals surface area contributed by atoms with Crippen molar-refractivity contribution in [1.29, 1.82) is 0 Å². The topological polar surface area (TPSA) is 72.2 Å². The summed E-state index contributed by atoms with van der Waals surface area (Å²) in [5.41, 5.74) is 2.24. The summed E-state index contributed by atoms with van der Waals surface area (Å²) in [5.74, 6) is 0.639. The predicted molar refractivity (Wildman–Crippen MR) is 111 cm³/mol. The molecule has 2 aromatic rings. The number of nitrogens with zero attached hydrogens (tertiary/aromatic N) is 4. The Balaban J connectivity index is 1.36. The summed E-state index contributed by atoms with van der Waals surface area (Å²) in [6.07, 6.45) is 7.85. The van der Waals surface area contributed by atoms with E-state index in [1.165, 1.54) is 29.5 Å². The fourth-order valence-corrected chi connectivity index (χ4v) is 4.36. The summed E-state index contributed by atoms with van der Waals surface area (Å²) in [6, 6.07) is 8.29. The third kappa shape index (κ3) is 4.96. The van der Waals surface area contributed by atoms with E-state index in [-0.39, 0.29) is 18.1 Å². The summed E-state index contributed by atoms with van der Waals surface area (Å²) in [4.78, 5) is 27.5. The highest BCUT2D eigenvalue weighted by molar-refractivity contribution is 5.75. The highest BCUT2D eigenvalue weighted by atomic mass is 16.2. The van der Waals surface area contributed by atoms with Crippen molar-refractivity contribution in [2.75, 3.05) is 13.1 Å². The van der Waals surface area contributed by atoms with E-state index in [1.54, 1.807) is 4.57 Å². The van der Waals surface area contributed by atoms with Crippen LogP contribution in [-0.4, -0.2) is 38.2 Å². The average molecular weight is 398 g/mol. The number of nitrogens with one attached hydrogen (secondary N) is 1. The standard InChI is InChI=1S/C22H31N5O2/c28-21(17-27-22(29)26-14-8-1-3-11-20(26)24-27)23-15-18-9-4-5-10-19(18)16-25-12-6-2-7-13-25/h4-5,9-10H,1-3,6-8,11-17H2,(H,23,28). The minimum Gasteiger partial charge on any atom is -0.350 e. The zero-order valence-electron chi connectivity index (χ0n) is 17.1. The molecule has 0 aliphatic carbocycles. The van der Waals surface area contributed by atoms with Crippen LogP contribution in [0.5, 0.6) is 0 Å². The Bertz CT molecular complexity index is 895. The first-order valence-corrected chi connectivity index (χ1v) is 10.9. The van der Waals surface area contributed by atoms with Gasteiger partial charge in [0.25, 0.3) is 0 Å². The van der Waals surface area contributed by atoms with Gasteiger partial charge in [0.2, 0.25) is 5.91 Å². The lowest BCUT2D eigenvalue weighted by atomic mass is 10.0. The van der Waals surface area contributed by atoms with Gasteiger partial charge in [-0.15, -0.1) is 0 Å². The summed E-state index contributed by atoms with van der Waals surface area (Å²) in [6.45, 7) is 4.39. The van der Waals surface area contributed by atoms with Gasteiger partial charge in [-0.25, -0.2) is 9.48 Å². The molecule has 2 aliphatic heterocycles. The number of fused-ring (bicyclic) bond motifs is 1. The second kappa shape index (κ2) is 9.39. The third-order valence-electron chi connectivity index (χ3n) is 6.01. The molecule has 1 fully saturated rings. The van der Waals surface area contributed by atoms with E-state index in [9.17, 15) is 9.59 Å². The Labute approximate surface area is 171 Å². The lowest BCUT2D eigenvalue weighted by Gasteiger charge is -2.27. The van der Waals surface area contributed by atoms with Crippen LogP contribution in [0.2, 0.25) is 0 Å². The highest BCUT2D eigenvalue weighted by Crippen LogP contribution is 2.16. The van der Waals surface area contributed by atoms with Crippen LogP contribution < -0.4 is 11.0 Å². The molecular weight excluding hydrogens is 366 g/mol. The maximum atomic E-state index is 12.5. The van der Waals surface area contributed by atoms with Crippen molar-refractivity contribution in [1.82, 2.24) is 24.6 Å². The van der Waals surface area contributed by atoms with Gasteiger partial charge in [0.1, 0.15) is 12.4 Å². The van der Waals surface area contributed by atoms with Gasteiger partial charge < -0.3 is 5.32 Å². The SMILES string of the molecule is O=C(Cn1nc2n(c1=O)CCCCC2)NCc1ccccc1CN1CCCCC1. The normalized spacial score (nSPS) is 17.5. The number of piperidine rings is 1. The number of aryl methyl sites for hydroxylation is 1. The molecule has 7 nitrogen and oxygen atoms in total. The van der Waals surface area contributed by atoms with E-state index in [2.05, 4.69) is 33.5 Å². The van der Waals surface area contributed by atoms with Gasteiger partial charge in [-0.2, -0.15) is 5.10 Å². The van der Waals surface area contributed by atoms with Gasteiger partial charge in [0.05, 0.1) is 0 Å². The number of amides is 1. The second-order valence-electron chi connectivity index (χ2n) is 8.20. The molecule has 0 saturated carbocycles. The zero-order valence-corrected chi connectivity index (χ0v) is 17.1. The van der Waals surface area contributed by atoms with Crippen LogP contribution in [0.1, 0.15) is 55.5 Å². The number of benzene rings is 1. The van der Waals surface area contributed by atoms with E-state index in [0.717, 1.165) is 56.7 Å². The van der Waals surface area contributed by atoms with Crippen LogP contribution in [0.3, 0.4) is 0 Å². The number of aromatic nitrogens is 3. The number of carbonyl (C=O) groups is 1. The molecule has 1 aromatic carbocycles. The zero-order chi connectivity index (χ0) is 20.1. The number of hydrogen-bond acceptors (Lipinski definition) is 4. The molecule has 1 amide bonds. The van der Waals surface area contributed by atoms with Crippen LogP contribution in [0.25, 0.3) is 0 Å². The van der Waals surface area contributed by atoms with E-state index in [1.807, 2.05) is 6.07 Å². The molecule has 1 aromatic heterocycles. The first-order valence-electron chi connectivity index (χ1n) is 10.9. The minimum absolute atomic E-state index is 0.0207. The van der Waals surface area contributed by atoms with E-state index in [4.69, 9.17) is 0 Å². The monoisotopic (exact) mass is 397 g/mol. The van der Waals surface area contributed by atoms with Crippen molar-refractivity contribution >= 4 is 5.91 Å². The Hall–Kier alpha value is -2.41. The molecule has 1 N–H and O–H groups in total. The average Bonchev–Trinajstić information content (AvgIpc) is 2.90. The molecule has 0 atom stereocenters. The van der Waals surface area contributed by atoms with Crippen LogP contribution in [0, 0.1) is 0 Å². The maximum Gasteiger partial charge on any atom is 0.346 e. The van der Waals surface area contributed by atoms with Crippen molar-refractivity contribution in [3.8, 4) is 0 Å². The van der Waals surface area contributed by atoms with E-state index < -0.39 is 0 Å². The maximum absolute atomic E-state index is 12.5. The summed E-state index contributed by atoms with van der Waals surface area (Å²) < 4.78 is 3.05. The minimum atomic E-state index is -0.173. The van der Waals surface area contributed by atoms with Crippen molar-refractivity contribution in [3.05, 3.63) is 51.7 Å². The fourth-order valence-electron chi connectivity index (χ4n) is 4.36. The van der Waals surface area contributed by atoms with Crippen LogP contribution >= 0.6 is 0 Å². The number of hydrogen-bond donors (Lipinski definition) is 1. The van der Waals surface area contributed by atoms with Gasteiger partial charge in [0.15, 0.2) is 0 Å². The molecule has 2 aliphatic rings.